The van der Waals surface area contributed by atoms with Crippen molar-refractivity contribution in [3.63, 3.8) is 0 Å². The second-order valence-electron chi connectivity index (χ2n) is 1.72. The molecule has 0 saturated carbocycles. The molecule has 1 aliphatic rings. The zero-order valence-electron chi connectivity index (χ0n) is 8.48. The molecule has 11 heavy (non-hydrogen) atoms. The first kappa shape index (κ1) is 13.1. The predicted octanol–water partition coefficient (Wildman–Crippen LogP) is 2.29. The molecule has 0 aromatic carbocycles. The maximum atomic E-state index is 10.4. The van der Waals surface area contributed by atoms with E-state index in [4.69, 9.17) is 0 Å². The van der Waals surface area contributed by atoms with E-state index in [1.807, 2.05) is 39.5 Å². The number of rotatable bonds is 1. The van der Waals surface area contributed by atoms with Gasteiger partial charge in [0.25, 0.3) is 0 Å². The molecule has 0 atom stereocenters. The van der Waals surface area contributed by atoms with E-state index in [0.717, 1.165) is 19.5 Å². The van der Waals surface area contributed by atoms with Crippen LogP contribution in [0.2, 0.25) is 0 Å². The zero-order chi connectivity index (χ0) is 9.28. The molecule has 1 saturated heterocycles. The third-order valence-corrected chi connectivity index (χ3v) is 1.33. The van der Waals surface area contributed by atoms with Gasteiger partial charge in [0.15, 0.2) is 0 Å². The number of amides is 1. The van der Waals surface area contributed by atoms with Gasteiger partial charge in [0.1, 0.15) is 0 Å². The van der Waals surface area contributed by atoms with Gasteiger partial charge in [-0.15, -0.1) is 0 Å². The Morgan fingerprint density at radius 1 is 1.27 bits per heavy atom. The van der Waals surface area contributed by atoms with Crippen molar-refractivity contribution in [3.05, 3.63) is 0 Å². The average Bonchev–Trinajstić information content (AvgIpc) is 2.10. The number of carbonyl (C=O) groups excluding carboxylic acids is 1. The Bertz CT molecular complexity index is 89.6. The normalized spacial score (nSPS) is 13.5. The molecular weight excluding hydrogens is 138 g/mol. The predicted molar refractivity (Wildman–Crippen MR) is 49.6 cm³/mol. The lowest BCUT2D eigenvalue weighted by Gasteiger charge is -2.28. The molecule has 0 aromatic rings. The lowest BCUT2D eigenvalue weighted by molar-refractivity contribution is -0.139. The van der Waals surface area contributed by atoms with Gasteiger partial charge in [0.05, 0.1) is 0 Å². The van der Waals surface area contributed by atoms with Gasteiger partial charge in [0.2, 0.25) is 5.91 Å². The van der Waals surface area contributed by atoms with Gasteiger partial charge in [-0.1, -0.05) is 27.7 Å². The Morgan fingerprint density at radius 3 is 1.73 bits per heavy atom. The van der Waals surface area contributed by atoms with Gasteiger partial charge in [0, 0.05) is 19.5 Å². The highest BCUT2D eigenvalue weighted by Crippen LogP contribution is 2.05. The van der Waals surface area contributed by atoms with Crippen LogP contribution < -0.4 is 0 Å². The summed E-state index contributed by atoms with van der Waals surface area (Å²) >= 11 is 0. The lowest BCUT2D eigenvalue weighted by Crippen LogP contribution is -2.42. The Labute approximate surface area is 70.6 Å². The molecule has 2 nitrogen and oxygen atoms in total. The van der Waals surface area contributed by atoms with Crippen molar-refractivity contribution < 1.29 is 4.79 Å². The molecule has 0 radical (unpaired) electrons. The minimum atomic E-state index is 0.308. The summed E-state index contributed by atoms with van der Waals surface area (Å²) in [5, 5.41) is 0. The van der Waals surface area contributed by atoms with Crippen LogP contribution in [0.5, 0.6) is 0 Å². The topological polar surface area (TPSA) is 20.3 Å². The van der Waals surface area contributed by atoms with Crippen LogP contribution in [0.1, 0.15) is 41.0 Å². The molecule has 2 heteroatoms. The van der Waals surface area contributed by atoms with Crippen LogP contribution >= 0.6 is 0 Å². The number of β-lactam (4-membered cyclic amide) rings is 1. The van der Waals surface area contributed by atoms with Crippen molar-refractivity contribution in [2.45, 2.75) is 41.0 Å². The fourth-order valence-corrected chi connectivity index (χ4v) is 0.696. The van der Waals surface area contributed by atoms with Gasteiger partial charge in [-0.3, -0.25) is 4.79 Å². The summed E-state index contributed by atoms with van der Waals surface area (Å²) in [4.78, 5) is 12.2. The average molecular weight is 159 g/mol. The van der Waals surface area contributed by atoms with Crippen molar-refractivity contribution in [2.75, 3.05) is 13.1 Å². The van der Waals surface area contributed by atoms with E-state index in [9.17, 15) is 4.79 Å². The SMILES string of the molecule is CC.CC.CCN1CCC1=O. The molecule has 1 aliphatic heterocycles. The largest absolute Gasteiger partial charge is 0.342 e. The molecule has 0 bridgehead atoms. The van der Waals surface area contributed by atoms with Gasteiger partial charge >= 0.3 is 0 Å². The van der Waals surface area contributed by atoms with Crippen molar-refractivity contribution in [2.24, 2.45) is 0 Å². The van der Waals surface area contributed by atoms with E-state index in [0.29, 0.717) is 5.91 Å². The van der Waals surface area contributed by atoms with Crippen molar-refractivity contribution in [3.8, 4) is 0 Å². The number of likely N-dealkylation sites (tertiary alicyclic amines) is 1. The summed E-state index contributed by atoms with van der Waals surface area (Å²) < 4.78 is 0. The van der Waals surface area contributed by atoms with Gasteiger partial charge < -0.3 is 4.90 Å². The highest BCUT2D eigenvalue weighted by atomic mass is 16.2. The molecule has 1 heterocycles. The van der Waals surface area contributed by atoms with Crippen molar-refractivity contribution in [1.82, 2.24) is 4.90 Å². The van der Waals surface area contributed by atoms with E-state index in [1.54, 1.807) is 0 Å². The monoisotopic (exact) mass is 159 g/mol. The molecule has 0 N–H and O–H groups in total. The first-order valence-electron chi connectivity index (χ1n) is 4.62. The van der Waals surface area contributed by atoms with Crippen LogP contribution in [0.25, 0.3) is 0 Å². The Kier molecular flexibility index (Phi) is 11.3. The van der Waals surface area contributed by atoms with Crippen molar-refractivity contribution >= 4 is 5.91 Å². The smallest absolute Gasteiger partial charge is 0.224 e. The minimum absolute atomic E-state index is 0.308. The summed E-state index contributed by atoms with van der Waals surface area (Å²) in [5.74, 6) is 0.308. The fourth-order valence-electron chi connectivity index (χ4n) is 0.696. The van der Waals surface area contributed by atoms with Crippen LogP contribution in [0.3, 0.4) is 0 Å². The third kappa shape index (κ3) is 4.82. The summed E-state index contributed by atoms with van der Waals surface area (Å²) in [6.45, 7) is 11.9. The quantitative estimate of drug-likeness (QED) is 0.537. The summed E-state index contributed by atoms with van der Waals surface area (Å²) in [5.41, 5.74) is 0. The maximum Gasteiger partial charge on any atom is 0.224 e. The van der Waals surface area contributed by atoms with E-state index >= 15 is 0 Å². The molecule has 1 rings (SSSR count). The third-order valence-electron chi connectivity index (χ3n) is 1.33. The Hall–Kier alpha value is -0.530. The first-order chi connectivity index (χ1) is 5.34. The Balaban J connectivity index is 0. The van der Waals surface area contributed by atoms with Gasteiger partial charge in [-0.05, 0) is 6.92 Å². The van der Waals surface area contributed by atoms with Crippen LogP contribution in [-0.4, -0.2) is 23.9 Å². The van der Waals surface area contributed by atoms with E-state index < -0.39 is 0 Å². The second kappa shape index (κ2) is 9.47. The highest BCUT2D eigenvalue weighted by Gasteiger charge is 2.20. The molecule has 1 amide bonds. The zero-order valence-corrected chi connectivity index (χ0v) is 8.48. The fraction of sp³-hybridized carbons (Fsp3) is 0.889. The number of carbonyl (C=O) groups is 1. The standard InChI is InChI=1S/C5H9NO.2C2H6/c1-2-6-4-3-5(6)7;2*1-2/h2-4H2,1H3;2*1-2H3. The molecule has 1 fully saturated rings. The summed E-state index contributed by atoms with van der Waals surface area (Å²) in [6, 6.07) is 0. The molecule has 68 valence electrons. The van der Waals surface area contributed by atoms with E-state index in [-0.39, 0.29) is 0 Å². The highest BCUT2D eigenvalue weighted by molar-refractivity contribution is 5.81. The number of hydrogen-bond acceptors (Lipinski definition) is 1. The van der Waals surface area contributed by atoms with Crippen LogP contribution in [0.15, 0.2) is 0 Å². The molecule has 0 aliphatic carbocycles. The van der Waals surface area contributed by atoms with Crippen LogP contribution in [0.4, 0.5) is 0 Å². The Morgan fingerprint density at radius 2 is 1.73 bits per heavy atom. The molecular formula is C9H21NO. The van der Waals surface area contributed by atoms with E-state index in [1.165, 1.54) is 0 Å². The molecule has 0 aromatic heterocycles. The van der Waals surface area contributed by atoms with Gasteiger partial charge in [-0.25, -0.2) is 0 Å². The maximum absolute atomic E-state index is 10.4. The second-order valence-corrected chi connectivity index (χ2v) is 1.72. The number of nitrogens with zero attached hydrogens (tertiary/aromatic N) is 1. The van der Waals surface area contributed by atoms with E-state index in [2.05, 4.69) is 0 Å². The van der Waals surface area contributed by atoms with Crippen molar-refractivity contribution in [1.29, 1.82) is 0 Å². The lowest BCUT2D eigenvalue weighted by atomic mass is 10.2. The number of hydrogen-bond donors (Lipinski definition) is 0. The van der Waals surface area contributed by atoms with Crippen LogP contribution in [0, 0.1) is 0 Å². The molecule has 0 spiro atoms. The summed E-state index contributed by atoms with van der Waals surface area (Å²) in [7, 11) is 0. The molecule has 0 unspecified atom stereocenters. The van der Waals surface area contributed by atoms with Gasteiger partial charge in [-0.2, -0.15) is 0 Å². The van der Waals surface area contributed by atoms with Crippen LogP contribution in [-0.2, 0) is 4.79 Å². The minimum Gasteiger partial charge on any atom is -0.342 e. The summed E-state index contributed by atoms with van der Waals surface area (Å²) in [6.07, 6.45) is 0.772. The first-order valence-corrected chi connectivity index (χ1v) is 4.62.